The molecule has 3 heterocycles. The number of nitrogens with one attached hydrogen (secondary N) is 1. The number of hydrogen-bond acceptors (Lipinski definition) is 4. The maximum atomic E-state index is 5.18. The third-order valence-electron chi connectivity index (χ3n) is 3.57. The number of rotatable bonds is 1. The Morgan fingerprint density at radius 1 is 1.50 bits per heavy atom. The van der Waals surface area contributed by atoms with Gasteiger partial charge < -0.3 is 15.0 Å². The first-order chi connectivity index (χ1) is 7.79. The van der Waals surface area contributed by atoms with Crippen LogP contribution in [-0.4, -0.2) is 24.8 Å². The van der Waals surface area contributed by atoms with Crippen LogP contribution in [-0.2, 0) is 0 Å². The second kappa shape index (κ2) is 3.54. The topological polar surface area (TPSA) is 37.4 Å². The smallest absolute Gasteiger partial charge is 0.215 e. The first-order valence-electron chi connectivity index (χ1n) is 5.88. The van der Waals surface area contributed by atoms with Crippen molar-refractivity contribution in [1.29, 1.82) is 0 Å². The van der Waals surface area contributed by atoms with Crippen molar-refractivity contribution in [3.05, 3.63) is 12.1 Å². The Hall–Kier alpha value is -1.45. The minimum atomic E-state index is 0.420. The normalized spacial score (nSPS) is 27.0. The number of pyridine rings is 1. The molecule has 4 nitrogen and oxygen atoms in total. The monoisotopic (exact) mass is 219 g/mol. The fraction of sp³-hybridized carbons (Fsp3) is 0.583. The SMILES string of the molecule is COc1ccc2c(n1)N1CCCC(C)C1N2. The Labute approximate surface area is 95.6 Å². The molecule has 0 saturated carbocycles. The molecule has 4 heteroatoms. The zero-order valence-corrected chi connectivity index (χ0v) is 9.73. The first-order valence-corrected chi connectivity index (χ1v) is 5.88. The van der Waals surface area contributed by atoms with E-state index >= 15 is 0 Å². The van der Waals surface area contributed by atoms with E-state index in [1.165, 1.54) is 12.8 Å². The summed E-state index contributed by atoms with van der Waals surface area (Å²) in [5, 5.41) is 3.55. The molecule has 0 aliphatic carbocycles. The van der Waals surface area contributed by atoms with Crippen LogP contribution in [0.25, 0.3) is 0 Å². The lowest BCUT2D eigenvalue weighted by atomic mass is 9.97. The number of methoxy groups -OCH3 is 1. The van der Waals surface area contributed by atoms with Crippen LogP contribution in [0.1, 0.15) is 19.8 Å². The van der Waals surface area contributed by atoms with Crippen LogP contribution in [0.15, 0.2) is 12.1 Å². The van der Waals surface area contributed by atoms with Gasteiger partial charge in [-0.05, 0) is 24.8 Å². The van der Waals surface area contributed by atoms with Gasteiger partial charge in [0, 0.05) is 12.6 Å². The molecule has 0 amide bonds. The maximum Gasteiger partial charge on any atom is 0.215 e. The summed E-state index contributed by atoms with van der Waals surface area (Å²) in [4.78, 5) is 6.90. The lowest BCUT2D eigenvalue weighted by molar-refractivity contribution is 0.375. The van der Waals surface area contributed by atoms with Crippen molar-refractivity contribution in [2.24, 2.45) is 5.92 Å². The molecule has 3 rings (SSSR count). The van der Waals surface area contributed by atoms with Gasteiger partial charge in [0.25, 0.3) is 0 Å². The van der Waals surface area contributed by atoms with E-state index in [2.05, 4.69) is 28.2 Å². The van der Waals surface area contributed by atoms with Crippen LogP contribution >= 0.6 is 0 Å². The molecule has 0 radical (unpaired) electrons. The van der Waals surface area contributed by atoms with E-state index in [0.29, 0.717) is 18.0 Å². The molecule has 1 aromatic rings. The van der Waals surface area contributed by atoms with E-state index in [-0.39, 0.29) is 0 Å². The maximum absolute atomic E-state index is 5.18. The lowest BCUT2D eigenvalue weighted by Gasteiger charge is -2.35. The highest BCUT2D eigenvalue weighted by Gasteiger charge is 2.36. The van der Waals surface area contributed by atoms with Crippen molar-refractivity contribution in [1.82, 2.24) is 4.98 Å². The Bertz CT molecular complexity index is 407. The predicted molar refractivity (Wildman–Crippen MR) is 63.9 cm³/mol. The fourth-order valence-electron chi connectivity index (χ4n) is 2.68. The number of fused-ring (bicyclic) bond motifs is 3. The second-order valence-electron chi connectivity index (χ2n) is 4.63. The van der Waals surface area contributed by atoms with Crippen molar-refractivity contribution < 1.29 is 4.74 Å². The van der Waals surface area contributed by atoms with E-state index in [0.717, 1.165) is 18.1 Å². The van der Waals surface area contributed by atoms with Crippen molar-refractivity contribution in [3.63, 3.8) is 0 Å². The quantitative estimate of drug-likeness (QED) is 0.784. The molecule has 2 unspecified atom stereocenters. The van der Waals surface area contributed by atoms with E-state index < -0.39 is 0 Å². The molecule has 2 aliphatic rings. The van der Waals surface area contributed by atoms with Crippen molar-refractivity contribution >= 4 is 11.5 Å². The van der Waals surface area contributed by atoms with Crippen LogP contribution in [0.3, 0.4) is 0 Å². The Balaban J connectivity index is 1.98. The van der Waals surface area contributed by atoms with Crippen LogP contribution in [0, 0.1) is 5.92 Å². The summed E-state index contributed by atoms with van der Waals surface area (Å²) >= 11 is 0. The largest absolute Gasteiger partial charge is 0.481 e. The number of aromatic nitrogens is 1. The molecule has 0 aromatic carbocycles. The van der Waals surface area contributed by atoms with Gasteiger partial charge in [0.1, 0.15) is 6.17 Å². The number of anilines is 2. The standard InChI is InChI=1S/C12H17N3O/c1-8-4-3-7-15-11(8)13-9-5-6-10(16-2)14-12(9)15/h5-6,8,11,13H,3-4,7H2,1-2H3. The van der Waals surface area contributed by atoms with E-state index in [9.17, 15) is 0 Å². The van der Waals surface area contributed by atoms with Gasteiger partial charge in [-0.15, -0.1) is 0 Å². The number of hydrogen-bond donors (Lipinski definition) is 1. The Morgan fingerprint density at radius 3 is 3.19 bits per heavy atom. The average molecular weight is 219 g/mol. The summed E-state index contributed by atoms with van der Waals surface area (Å²) in [6, 6.07) is 3.97. The molecule has 1 fully saturated rings. The third-order valence-corrected chi connectivity index (χ3v) is 3.57. The van der Waals surface area contributed by atoms with Crippen LogP contribution < -0.4 is 15.0 Å². The number of ether oxygens (including phenoxy) is 1. The zero-order valence-electron chi connectivity index (χ0n) is 9.73. The second-order valence-corrected chi connectivity index (χ2v) is 4.63. The fourth-order valence-corrected chi connectivity index (χ4v) is 2.68. The number of piperidine rings is 1. The van der Waals surface area contributed by atoms with Crippen LogP contribution in [0.2, 0.25) is 0 Å². The zero-order chi connectivity index (χ0) is 11.1. The molecule has 1 N–H and O–H groups in total. The highest BCUT2D eigenvalue weighted by atomic mass is 16.5. The van der Waals surface area contributed by atoms with Crippen molar-refractivity contribution in [2.75, 3.05) is 23.9 Å². The molecule has 2 aliphatic heterocycles. The van der Waals surface area contributed by atoms with Gasteiger partial charge in [-0.1, -0.05) is 6.92 Å². The summed E-state index contributed by atoms with van der Waals surface area (Å²) in [7, 11) is 1.66. The minimum absolute atomic E-state index is 0.420. The predicted octanol–water partition coefficient (Wildman–Crippen LogP) is 2.08. The summed E-state index contributed by atoms with van der Waals surface area (Å²) in [5.74, 6) is 2.42. The van der Waals surface area contributed by atoms with Gasteiger partial charge in [0.15, 0.2) is 5.82 Å². The van der Waals surface area contributed by atoms with E-state index in [1.54, 1.807) is 7.11 Å². The van der Waals surface area contributed by atoms with Gasteiger partial charge >= 0.3 is 0 Å². The molecule has 16 heavy (non-hydrogen) atoms. The molecule has 1 saturated heterocycles. The molecule has 0 bridgehead atoms. The van der Waals surface area contributed by atoms with Crippen LogP contribution in [0.5, 0.6) is 5.88 Å². The summed E-state index contributed by atoms with van der Waals surface area (Å²) in [6.45, 7) is 3.39. The first kappa shape index (κ1) is 9.75. The Kier molecular flexibility index (Phi) is 2.16. The third kappa shape index (κ3) is 1.32. The molecular formula is C12H17N3O. The summed E-state index contributed by atoms with van der Waals surface area (Å²) in [5.41, 5.74) is 1.14. The average Bonchev–Trinajstić information content (AvgIpc) is 2.68. The van der Waals surface area contributed by atoms with E-state index in [1.807, 2.05) is 6.07 Å². The molecular weight excluding hydrogens is 202 g/mol. The van der Waals surface area contributed by atoms with Crippen molar-refractivity contribution in [3.8, 4) is 5.88 Å². The molecule has 1 aromatic heterocycles. The van der Waals surface area contributed by atoms with Gasteiger partial charge in [0.05, 0.1) is 12.8 Å². The highest BCUT2D eigenvalue weighted by Crippen LogP contribution is 2.39. The van der Waals surface area contributed by atoms with E-state index in [4.69, 9.17) is 4.74 Å². The van der Waals surface area contributed by atoms with Gasteiger partial charge in [-0.25, -0.2) is 0 Å². The molecule has 86 valence electrons. The van der Waals surface area contributed by atoms with Gasteiger partial charge in [0.2, 0.25) is 5.88 Å². The minimum Gasteiger partial charge on any atom is -0.481 e. The number of nitrogens with zero attached hydrogens (tertiary/aromatic N) is 2. The van der Waals surface area contributed by atoms with Crippen molar-refractivity contribution in [2.45, 2.75) is 25.9 Å². The summed E-state index contributed by atoms with van der Waals surface area (Å²) in [6.07, 6.45) is 2.96. The summed E-state index contributed by atoms with van der Waals surface area (Å²) < 4.78 is 5.18. The Morgan fingerprint density at radius 2 is 2.38 bits per heavy atom. The van der Waals surface area contributed by atoms with Crippen LogP contribution in [0.4, 0.5) is 11.5 Å². The lowest BCUT2D eigenvalue weighted by Crippen LogP contribution is -2.45. The highest BCUT2D eigenvalue weighted by molar-refractivity contribution is 5.73. The molecule has 0 spiro atoms. The van der Waals surface area contributed by atoms with Gasteiger partial charge in [-0.2, -0.15) is 4.98 Å². The van der Waals surface area contributed by atoms with Gasteiger partial charge in [-0.3, -0.25) is 0 Å². The molecule has 2 atom stereocenters.